The third-order valence-electron chi connectivity index (χ3n) is 2.65. The first-order valence-electron chi connectivity index (χ1n) is 5.87. The van der Waals surface area contributed by atoms with E-state index >= 15 is 0 Å². The largest absolute Gasteiger partial charge is 0.320 e. The molecular weight excluding hydrogens is 244 g/mol. The van der Waals surface area contributed by atoms with Crippen LogP contribution in [0.5, 0.6) is 0 Å². The van der Waals surface area contributed by atoms with Crippen molar-refractivity contribution in [1.29, 1.82) is 0 Å². The molecule has 0 spiro atoms. The molecule has 4 nitrogen and oxygen atoms in total. The summed E-state index contributed by atoms with van der Waals surface area (Å²) in [5.41, 5.74) is 0. The average Bonchev–Trinajstić information content (AvgIpc) is 2.53. The Bertz CT molecular complexity index is 273. The van der Waals surface area contributed by atoms with E-state index in [1.807, 2.05) is 18.8 Å². The van der Waals surface area contributed by atoms with Gasteiger partial charge in [-0.3, -0.25) is 0 Å². The molecule has 0 saturated carbocycles. The average molecular weight is 266 g/mol. The van der Waals surface area contributed by atoms with Crippen molar-refractivity contribution in [3.05, 3.63) is 0 Å². The number of hydrogen-bond acceptors (Lipinski definition) is 4. The van der Waals surface area contributed by atoms with Gasteiger partial charge < -0.3 is 5.32 Å². The van der Waals surface area contributed by atoms with Gasteiger partial charge in [-0.25, -0.2) is 12.7 Å². The standard InChI is InChI=1S/C10H22N2O2S2/c1-11-5-2-3-10-16(13,14)12-6-4-8-15-9-7-12/h11H,2-10H2,1H3. The lowest BCUT2D eigenvalue weighted by molar-refractivity contribution is 0.433. The smallest absolute Gasteiger partial charge is 0.214 e. The van der Waals surface area contributed by atoms with Gasteiger partial charge in [0.1, 0.15) is 0 Å². The number of unbranched alkanes of at least 4 members (excludes halogenated alkanes) is 1. The first-order chi connectivity index (χ1) is 7.67. The zero-order valence-corrected chi connectivity index (χ0v) is 11.6. The van der Waals surface area contributed by atoms with Gasteiger partial charge in [0.15, 0.2) is 0 Å². The predicted octanol–water partition coefficient (Wildman–Crippen LogP) is 0.755. The molecule has 0 unspecified atom stereocenters. The van der Waals surface area contributed by atoms with Crippen molar-refractivity contribution in [2.75, 3.05) is 43.9 Å². The van der Waals surface area contributed by atoms with E-state index in [1.165, 1.54) is 0 Å². The molecule has 96 valence electrons. The molecule has 1 fully saturated rings. The summed E-state index contributed by atoms with van der Waals surface area (Å²) in [6, 6.07) is 0. The van der Waals surface area contributed by atoms with Crippen molar-refractivity contribution in [1.82, 2.24) is 9.62 Å². The van der Waals surface area contributed by atoms with E-state index in [0.29, 0.717) is 18.8 Å². The van der Waals surface area contributed by atoms with Gasteiger partial charge >= 0.3 is 0 Å². The molecule has 0 aromatic heterocycles. The summed E-state index contributed by atoms with van der Waals surface area (Å²) < 4.78 is 25.7. The van der Waals surface area contributed by atoms with Gasteiger partial charge in [-0.15, -0.1) is 0 Å². The minimum atomic E-state index is -2.99. The summed E-state index contributed by atoms with van der Waals surface area (Å²) in [6.45, 7) is 2.30. The van der Waals surface area contributed by atoms with Gasteiger partial charge in [-0.1, -0.05) is 0 Å². The van der Waals surface area contributed by atoms with Crippen LogP contribution in [0.3, 0.4) is 0 Å². The van der Waals surface area contributed by atoms with Crippen LogP contribution in [-0.4, -0.2) is 56.7 Å². The van der Waals surface area contributed by atoms with E-state index in [-0.39, 0.29) is 0 Å². The number of nitrogens with zero attached hydrogens (tertiary/aromatic N) is 1. The SMILES string of the molecule is CNCCCCS(=O)(=O)N1CCCSCC1. The van der Waals surface area contributed by atoms with E-state index in [2.05, 4.69) is 5.32 Å². The highest BCUT2D eigenvalue weighted by atomic mass is 32.2. The molecule has 1 aliphatic heterocycles. The molecule has 0 aromatic carbocycles. The second-order valence-electron chi connectivity index (χ2n) is 3.99. The van der Waals surface area contributed by atoms with Gasteiger partial charge in [0.25, 0.3) is 0 Å². The molecule has 1 N–H and O–H groups in total. The number of nitrogens with one attached hydrogen (secondary N) is 1. The summed E-state index contributed by atoms with van der Waals surface area (Å²) in [5, 5.41) is 3.03. The fourth-order valence-electron chi connectivity index (χ4n) is 1.72. The molecule has 1 aliphatic rings. The Hall–Kier alpha value is 0.220. The van der Waals surface area contributed by atoms with Gasteiger partial charge in [0, 0.05) is 18.8 Å². The van der Waals surface area contributed by atoms with Crippen LogP contribution in [0.1, 0.15) is 19.3 Å². The molecule has 0 amide bonds. The van der Waals surface area contributed by atoms with Gasteiger partial charge in [-0.05, 0) is 38.6 Å². The van der Waals surface area contributed by atoms with Crippen molar-refractivity contribution in [3.8, 4) is 0 Å². The van der Waals surface area contributed by atoms with E-state index in [4.69, 9.17) is 0 Å². The molecule has 1 rings (SSSR count). The first kappa shape index (κ1) is 14.3. The van der Waals surface area contributed by atoms with Crippen molar-refractivity contribution in [2.45, 2.75) is 19.3 Å². The lowest BCUT2D eigenvalue weighted by Gasteiger charge is -2.19. The molecule has 0 atom stereocenters. The highest BCUT2D eigenvalue weighted by Gasteiger charge is 2.22. The minimum absolute atomic E-state index is 0.305. The quantitative estimate of drug-likeness (QED) is 0.721. The van der Waals surface area contributed by atoms with Crippen molar-refractivity contribution in [2.24, 2.45) is 0 Å². The Morgan fingerprint density at radius 3 is 2.81 bits per heavy atom. The van der Waals surface area contributed by atoms with Gasteiger partial charge in [0.05, 0.1) is 5.75 Å². The molecule has 0 aliphatic carbocycles. The first-order valence-corrected chi connectivity index (χ1v) is 8.63. The number of sulfonamides is 1. The minimum Gasteiger partial charge on any atom is -0.320 e. The molecule has 6 heteroatoms. The third kappa shape index (κ3) is 5.03. The van der Waals surface area contributed by atoms with Crippen LogP contribution in [0.15, 0.2) is 0 Å². The highest BCUT2D eigenvalue weighted by Crippen LogP contribution is 2.14. The predicted molar refractivity (Wildman–Crippen MR) is 70.5 cm³/mol. The van der Waals surface area contributed by atoms with E-state index in [9.17, 15) is 8.42 Å². The number of hydrogen-bond donors (Lipinski definition) is 1. The van der Waals surface area contributed by atoms with Crippen molar-refractivity contribution >= 4 is 21.8 Å². The molecule has 0 bridgehead atoms. The van der Waals surface area contributed by atoms with E-state index in [0.717, 1.165) is 37.3 Å². The van der Waals surface area contributed by atoms with Crippen LogP contribution >= 0.6 is 11.8 Å². The number of rotatable bonds is 6. The topological polar surface area (TPSA) is 49.4 Å². The fraction of sp³-hybridized carbons (Fsp3) is 1.00. The summed E-state index contributed by atoms with van der Waals surface area (Å²) in [7, 11) is -1.11. The Balaban J connectivity index is 2.36. The zero-order chi connectivity index (χ0) is 11.9. The Kier molecular flexibility index (Phi) is 6.72. The highest BCUT2D eigenvalue weighted by molar-refractivity contribution is 7.99. The van der Waals surface area contributed by atoms with Crippen LogP contribution in [0.2, 0.25) is 0 Å². The summed E-state index contributed by atoms with van der Waals surface area (Å²) in [6.07, 6.45) is 2.67. The van der Waals surface area contributed by atoms with Crippen LogP contribution in [-0.2, 0) is 10.0 Å². The maximum atomic E-state index is 12.0. The van der Waals surface area contributed by atoms with Crippen molar-refractivity contribution in [3.63, 3.8) is 0 Å². The lowest BCUT2D eigenvalue weighted by Crippen LogP contribution is -2.34. The fourth-order valence-corrected chi connectivity index (χ4v) is 4.32. The van der Waals surface area contributed by atoms with E-state index in [1.54, 1.807) is 4.31 Å². The second kappa shape index (κ2) is 7.53. The second-order valence-corrected chi connectivity index (χ2v) is 7.30. The number of thioether (sulfide) groups is 1. The van der Waals surface area contributed by atoms with Crippen LogP contribution < -0.4 is 5.32 Å². The lowest BCUT2D eigenvalue weighted by atomic mass is 10.3. The van der Waals surface area contributed by atoms with Gasteiger partial charge in [0.2, 0.25) is 10.0 Å². The van der Waals surface area contributed by atoms with E-state index < -0.39 is 10.0 Å². The van der Waals surface area contributed by atoms with Crippen LogP contribution in [0.25, 0.3) is 0 Å². The maximum absolute atomic E-state index is 12.0. The molecule has 0 aromatic rings. The Labute approximate surface area is 103 Å². The third-order valence-corrected chi connectivity index (χ3v) is 5.66. The zero-order valence-electron chi connectivity index (χ0n) is 9.94. The Morgan fingerprint density at radius 1 is 1.25 bits per heavy atom. The summed E-state index contributed by atoms with van der Waals surface area (Å²) in [4.78, 5) is 0. The molecule has 1 heterocycles. The monoisotopic (exact) mass is 266 g/mol. The molecular formula is C10H22N2O2S2. The Morgan fingerprint density at radius 2 is 2.06 bits per heavy atom. The maximum Gasteiger partial charge on any atom is 0.214 e. The van der Waals surface area contributed by atoms with Crippen molar-refractivity contribution < 1.29 is 8.42 Å². The van der Waals surface area contributed by atoms with Gasteiger partial charge in [-0.2, -0.15) is 11.8 Å². The summed E-state index contributed by atoms with van der Waals surface area (Å²) >= 11 is 1.85. The summed E-state index contributed by atoms with van der Waals surface area (Å²) in [5.74, 6) is 2.33. The van der Waals surface area contributed by atoms with Crippen LogP contribution in [0, 0.1) is 0 Å². The van der Waals surface area contributed by atoms with Crippen LogP contribution in [0.4, 0.5) is 0 Å². The molecule has 16 heavy (non-hydrogen) atoms. The molecule has 0 radical (unpaired) electrons. The normalized spacial score (nSPS) is 19.6. The molecule has 1 saturated heterocycles.